The first-order chi connectivity index (χ1) is 15.0. The second-order valence-corrected chi connectivity index (χ2v) is 7.20. The first-order valence-corrected chi connectivity index (χ1v) is 10.1. The van der Waals surface area contributed by atoms with Crippen LogP contribution in [0.1, 0.15) is 25.0 Å². The van der Waals surface area contributed by atoms with Crippen molar-refractivity contribution >= 4 is 17.7 Å². The normalized spacial score (nSPS) is 10.8. The Labute approximate surface area is 183 Å². The zero-order valence-corrected chi connectivity index (χ0v) is 18.0. The molecule has 1 N–H and O–H groups in total. The number of rotatable bonds is 9. The van der Waals surface area contributed by atoms with E-state index in [-0.39, 0.29) is 12.0 Å². The average molecular weight is 418 g/mol. The van der Waals surface area contributed by atoms with Gasteiger partial charge in [-0.1, -0.05) is 36.4 Å². The van der Waals surface area contributed by atoms with Crippen molar-refractivity contribution in [3.05, 3.63) is 90.0 Å². The molecule has 0 radical (unpaired) electrons. The molecule has 0 fully saturated rings. The number of anilines is 1. The molecule has 160 valence electrons. The van der Waals surface area contributed by atoms with E-state index in [1.54, 1.807) is 13.2 Å². The lowest BCUT2D eigenvalue weighted by molar-refractivity contribution is -0.111. The number of benzene rings is 3. The highest BCUT2D eigenvalue weighted by Gasteiger charge is 2.07. The highest BCUT2D eigenvalue weighted by Crippen LogP contribution is 2.29. The maximum absolute atomic E-state index is 12.3. The second kappa shape index (κ2) is 10.9. The monoisotopic (exact) mass is 417 g/mol. The summed E-state index contributed by atoms with van der Waals surface area (Å²) >= 11 is 0. The van der Waals surface area contributed by atoms with Crippen LogP contribution in [0.15, 0.2) is 78.9 Å². The van der Waals surface area contributed by atoms with Crippen molar-refractivity contribution in [1.82, 2.24) is 0 Å². The predicted molar refractivity (Wildman–Crippen MR) is 124 cm³/mol. The molecule has 0 atom stereocenters. The average Bonchev–Trinajstić information content (AvgIpc) is 2.78. The van der Waals surface area contributed by atoms with E-state index in [0.717, 1.165) is 16.9 Å². The Balaban J connectivity index is 1.54. The third-order valence-electron chi connectivity index (χ3n) is 4.35. The summed E-state index contributed by atoms with van der Waals surface area (Å²) in [4.78, 5) is 12.3. The summed E-state index contributed by atoms with van der Waals surface area (Å²) in [5, 5.41) is 2.84. The smallest absolute Gasteiger partial charge is 0.248 e. The molecule has 3 aromatic carbocycles. The molecule has 5 nitrogen and oxygen atoms in total. The van der Waals surface area contributed by atoms with Crippen LogP contribution in [0.25, 0.3) is 6.08 Å². The van der Waals surface area contributed by atoms with Gasteiger partial charge in [-0.25, -0.2) is 0 Å². The van der Waals surface area contributed by atoms with Crippen LogP contribution in [0.5, 0.6) is 17.2 Å². The lowest BCUT2D eigenvalue weighted by Crippen LogP contribution is -2.08. The van der Waals surface area contributed by atoms with Gasteiger partial charge in [-0.2, -0.15) is 0 Å². The molecule has 0 aliphatic carbocycles. The third-order valence-corrected chi connectivity index (χ3v) is 4.35. The van der Waals surface area contributed by atoms with Gasteiger partial charge in [0.25, 0.3) is 0 Å². The number of hydrogen-bond acceptors (Lipinski definition) is 4. The quantitative estimate of drug-likeness (QED) is 0.453. The predicted octanol–water partition coefficient (Wildman–Crippen LogP) is 5.71. The Bertz CT molecular complexity index is 1010. The summed E-state index contributed by atoms with van der Waals surface area (Å²) in [6.45, 7) is 4.42. The minimum atomic E-state index is -0.223. The van der Waals surface area contributed by atoms with Crippen LogP contribution < -0.4 is 19.5 Å². The summed E-state index contributed by atoms with van der Waals surface area (Å²) in [7, 11) is 1.59. The number of nitrogens with one attached hydrogen (secondary N) is 1. The lowest BCUT2D eigenvalue weighted by Gasteiger charge is -2.13. The molecule has 5 heteroatoms. The molecular formula is C26H27NO4. The maximum Gasteiger partial charge on any atom is 0.248 e. The van der Waals surface area contributed by atoms with Crippen molar-refractivity contribution in [2.75, 3.05) is 12.4 Å². The molecule has 0 aliphatic heterocycles. The number of hydrogen-bond donors (Lipinski definition) is 1. The summed E-state index contributed by atoms with van der Waals surface area (Å²) < 4.78 is 16.9. The summed E-state index contributed by atoms with van der Waals surface area (Å²) in [6.07, 6.45) is 3.27. The Morgan fingerprint density at radius 2 is 1.71 bits per heavy atom. The lowest BCUT2D eigenvalue weighted by atomic mass is 10.2. The van der Waals surface area contributed by atoms with Gasteiger partial charge < -0.3 is 19.5 Å². The van der Waals surface area contributed by atoms with Gasteiger partial charge in [-0.3, -0.25) is 4.79 Å². The van der Waals surface area contributed by atoms with E-state index in [9.17, 15) is 4.79 Å². The molecule has 0 spiro atoms. The topological polar surface area (TPSA) is 56.8 Å². The Hall–Kier alpha value is -3.73. The van der Waals surface area contributed by atoms with Crippen molar-refractivity contribution in [1.29, 1.82) is 0 Å². The molecule has 3 rings (SSSR count). The molecule has 0 bridgehead atoms. The van der Waals surface area contributed by atoms with Gasteiger partial charge in [-0.15, -0.1) is 0 Å². The molecular weight excluding hydrogens is 390 g/mol. The van der Waals surface area contributed by atoms with E-state index in [0.29, 0.717) is 23.8 Å². The van der Waals surface area contributed by atoms with Crippen LogP contribution >= 0.6 is 0 Å². The zero-order valence-electron chi connectivity index (χ0n) is 18.0. The van der Waals surface area contributed by atoms with E-state index in [4.69, 9.17) is 14.2 Å². The second-order valence-electron chi connectivity index (χ2n) is 7.20. The molecule has 3 aromatic rings. The zero-order chi connectivity index (χ0) is 22.1. The van der Waals surface area contributed by atoms with E-state index >= 15 is 0 Å². The Morgan fingerprint density at radius 1 is 0.968 bits per heavy atom. The van der Waals surface area contributed by atoms with Crippen LogP contribution in [-0.4, -0.2) is 19.1 Å². The largest absolute Gasteiger partial charge is 0.493 e. The molecule has 0 aromatic heterocycles. The first-order valence-electron chi connectivity index (χ1n) is 10.1. The standard InChI is InChI=1S/C26H27NO4/c1-19(2)31-24-15-9-20(17-25(24)29-3)10-16-26(28)27-22-11-13-23(14-12-22)30-18-21-7-5-4-6-8-21/h4-17,19H,18H2,1-3H3,(H,27,28). The fourth-order valence-electron chi connectivity index (χ4n) is 2.87. The number of ether oxygens (including phenoxy) is 3. The Morgan fingerprint density at radius 3 is 2.39 bits per heavy atom. The SMILES string of the molecule is COc1cc(C=CC(=O)Nc2ccc(OCc3ccccc3)cc2)ccc1OC(C)C. The van der Waals surface area contributed by atoms with Gasteiger partial charge in [0.15, 0.2) is 11.5 Å². The van der Waals surface area contributed by atoms with Gasteiger partial charge in [0.1, 0.15) is 12.4 Å². The van der Waals surface area contributed by atoms with E-state index < -0.39 is 0 Å². The number of amides is 1. The highest BCUT2D eigenvalue weighted by atomic mass is 16.5. The van der Waals surface area contributed by atoms with E-state index in [2.05, 4.69) is 5.32 Å². The highest BCUT2D eigenvalue weighted by molar-refractivity contribution is 6.01. The van der Waals surface area contributed by atoms with Gasteiger partial charge in [0, 0.05) is 11.8 Å². The number of carbonyl (C=O) groups is 1. The fraction of sp³-hybridized carbons (Fsp3) is 0.192. The first kappa shape index (κ1) is 22.0. The molecule has 0 saturated heterocycles. The van der Waals surface area contributed by atoms with Gasteiger partial charge in [0.05, 0.1) is 13.2 Å². The molecule has 1 amide bonds. The Kier molecular flexibility index (Phi) is 7.71. The molecule has 0 aliphatic rings. The van der Waals surface area contributed by atoms with Crippen molar-refractivity contribution < 1.29 is 19.0 Å². The minimum Gasteiger partial charge on any atom is -0.493 e. The van der Waals surface area contributed by atoms with Crippen LogP contribution in [0.2, 0.25) is 0 Å². The molecule has 31 heavy (non-hydrogen) atoms. The van der Waals surface area contributed by atoms with Gasteiger partial charge in [-0.05, 0) is 67.4 Å². The van der Waals surface area contributed by atoms with Crippen LogP contribution in [-0.2, 0) is 11.4 Å². The molecule has 0 heterocycles. The number of carbonyl (C=O) groups excluding carboxylic acids is 1. The third kappa shape index (κ3) is 6.93. The van der Waals surface area contributed by atoms with Gasteiger partial charge >= 0.3 is 0 Å². The van der Waals surface area contributed by atoms with Crippen molar-refractivity contribution in [2.45, 2.75) is 26.6 Å². The van der Waals surface area contributed by atoms with Crippen molar-refractivity contribution in [3.8, 4) is 17.2 Å². The molecule has 0 unspecified atom stereocenters. The minimum absolute atomic E-state index is 0.0520. The number of methoxy groups -OCH3 is 1. The van der Waals surface area contributed by atoms with Crippen LogP contribution in [0.3, 0.4) is 0 Å². The van der Waals surface area contributed by atoms with Crippen LogP contribution in [0, 0.1) is 0 Å². The summed E-state index contributed by atoms with van der Waals surface area (Å²) in [5.74, 6) is 1.82. The maximum atomic E-state index is 12.3. The van der Waals surface area contributed by atoms with E-state index in [1.165, 1.54) is 6.08 Å². The van der Waals surface area contributed by atoms with Gasteiger partial charge in [0.2, 0.25) is 5.91 Å². The van der Waals surface area contributed by atoms with E-state index in [1.807, 2.05) is 86.6 Å². The molecule has 0 saturated carbocycles. The van der Waals surface area contributed by atoms with Crippen LogP contribution in [0.4, 0.5) is 5.69 Å². The van der Waals surface area contributed by atoms with Crippen molar-refractivity contribution in [2.24, 2.45) is 0 Å². The summed E-state index contributed by atoms with van der Waals surface area (Å²) in [6, 6.07) is 22.8. The van der Waals surface area contributed by atoms with Crippen molar-refractivity contribution in [3.63, 3.8) is 0 Å². The fourth-order valence-corrected chi connectivity index (χ4v) is 2.87. The summed E-state index contributed by atoms with van der Waals surface area (Å²) in [5.41, 5.74) is 2.64.